The molecule has 2 aromatic heterocycles. The quantitative estimate of drug-likeness (QED) is 0.578. The van der Waals surface area contributed by atoms with Crippen molar-refractivity contribution >= 4 is 23.2 Å². The van der Waals surface area contributed by atoms with E-state index in [0.717, 1.165) is 16.8 Å². The third-order valence-electron chi connectivity index (χ3n) is 4.81. The fourth-order valence-corrected chi connectivity index (χ4v) is 3.26. The predicted molar refractivity (Wildman–Crippen MR) is 108 cm³/mol. The van der Waals surface area contributed by atoms with Crippen LogP contribution in [0.5, 0.6) is 5.75 Å². The maximum Gasteiger partial charge on any atom is 0.270 e. The van der Waals surface area contributed by atoms with Gasteiger partial charge < -0.3 is 15.4 Å². The van der Waals surface area contributed by atoms with Crippen molar-refractivity contribution in [1.29, 1.82) is 0 Å². The van der Waals surface area contributed by atoms with Gasteiger partial charge in [0.1, 0.15) is 23.7 Å². The molecule has 172 valence electrons. The van der Waals surface area contributed by atoms with Gasteiger partial charge in [-0.25, -0.2) is 22.7 Å². The van der Waals surface area contributed by atoms with Crippen LogP contribution in [0.1, 0.15) is 39.0 Å². The van der Waals surface area contributed by atoms with Gasteiger partial charge in [0, 0.05) is 31.5 Å². The molecule has 0 bridgehead atoms. The molecule has 9 nitrogen and oxygen atoms in total. The lowest BCUT2D eigenvalue weighted by molar-refractivity contribution is -0.121. The number of Topliss-reactive ketones (excluding diaryl/α,β-unsaturated/α-hetero) is 1. The number of fused-ring (bicyclic) bond motifs is 2. The Morgan fingerprint density at radius 2 is 2.00 bits per heavy atom. The molecule has 3 aromatic rings. The van der Waals surface area contributed by atoms with Gasteiger partial charge in [0.15, 0.2) is 17.2 Å². The number of carbonyl (C=O) groups excluding carboxylic acids is 3. The van der Waals surface area contributed by atoms with E-state index < -0.39 is 35.7 Å². The first kappa shape index (κ1) is 22.2. The largest absolute Gasteiger partial charge is 0.486 e. The molecule has 2 N–H and O–H groups in total. The maximum absolute atomic E-state index is 14.1. The Balaban J connectivity index is 1.54. The molecule has 0 radical (unpaired) electrons. The molecule has 2 amide bonds. The normalized spacial score (nSPS) is 13.4. The summed E-state index contributed by atoms with van der Waals surface area (Å²) in [6, 6.07) is 6.17. The molecule has 1 aromatic carbocycles. The highest BCUT2D eigenvalue weighted by Gasteiger charge is 2.25. The van der Waals surface area contributed by atoms with Gasteiger partial charge in [-0.15, -0.1) is 0 Å². The summed E-state index contributed by atoms with van der Waals surface area (Å²) in [4.78, 5) is 40.6. The third-order valence-corrected chi connectivity index (χ3v) is 4.81. The first-order valence-corrected chi connectivity index (χ1v) is 9.85. The predicted octanol–water partition coefficient (Wildman–Crippen LogP) is 1.69. The molecule has 0 aliphatic carbocycles. The summed E-state index contributed by atoms with van der Waals surface area (Å²) < 4.78 is 46.5. The van der Waals surface area contributed by atoms with E-state index in [0.29, 0.717) is 23.8 Å². The molecule has 0 fully saturated rings. The highest BCUT2D eigenvalue weighted by molar-refractivity contribution is 5.98. The van der Waals surface area contributed by atoms with Crippen molar-refractivity contribution in [2.45, 2.75) is 25.8 Å². The minimum Gasteiger partial charge on any atom is -0.486 e. The van der Waals surface area contributed by atoms with Gasteiger partial charge in [0.2, 0.25) is 0 Å². The molecule has 3 heterocycles. The van der Waals surface area contributed by atoms with Crippen LogP contribution in [0.25, 0.3) is 5.65 Å². The molecule has 4 rings (SSSR count). The van der Waals surface area contributed by atoms with E-state index in [1.807, 2.05) is 5.32 Å². The number of carbonyl (C=O) groups is 3. The second-order valence-corrected chi connectivity index (χ2v) is 7.64. The molecular weight excluding hydrogens is 443 g/mol. The van der Waals surface area contributed by atoms with Crippen LogP contribution in [-0.4, -0.2) is 51.3 Å². The van der Waals surface area contributed by atoms with Crippen molar-refractivity contribution in [3.05, 3.63) is 58.8 Å². The monoisotopic (exact) mass is 461 g/mol. The number of nitrogens with one attached hydrogen (secondary N) is 2. The SMILES string of the molecule is CC(F)(F)CNC(=O)c1cc(C(=O)NCc2ccc3c(c2)CC(=O)CO3)nc2c(F)cnn12. The highest BCUT2D eigenvalue weighted by Crippen LogP contribution is 2.24. The summed E-state index contributed by atoms with van der Waals surface area (Å²) in [5, 5.41) is 8.31. The van der Waals surface area contributed by atoms with Crippen LogP contribution in [0.4, 0.5) is 13.2 Å². The lowest BCUT2D eigenvalue weighted by atomic mass is 10.0. The topological polar surface area (TPSA) is 115 Å². The molecule has 0 saturated heterocycles. The van der Waals surface area contributed by atoms with Crippen molar-refractivity contribution in [3.63, 3.8) is 0 Å². The van der Waals surface area contributed by atoms with E-state index >= 15 is 0 Å². The number of hydrogen-bond donors (Lipinski definition) is 2. The van der Waals surface area contributed by atoms with E-state index in [-0.39, 0.29) is 36.7 Å². The van der Waals surface area contributed by atoms with Crippen LogP contribution in [0.15, 0.2) is 30.5 Å². The van der Waals surface area contributed by atoms with Crippen LogP contribution in [0, 0.1) is 5.82 Å². The van der Waals surface area contributed by atoms with Gasteiger partial charge in [-0.3, -0.25) is 14.4 Å². The number of rotatable bonds is 6. The number of benzene rings is 1. The number of aromatic nitrogens is 3. The van der Waals surface area contributed by atoms with Gasteiger partial charge >= 0.3 is 0 Å². The lowest BCUT2D eigenvalue weighted by Crippen LogP contribution is -2.36. The molecule has 0 spiro atoms. The van der Waals surface area contributed by atoms with E-state index in [4.69, 9.17) is 4.74 Å². The zero-order chi connectivity index (χ0) is 23.8. The van der Waals surface area contributed by atoms with Gasteiger partial charge in [0.25, 0.3) is 17.7 Å². The lowest BCUT2D eigenvalue weighted by Gasteiger charge is -2.17. The van der Waals surface area contributed by atoms with Crippen LogP contribution >= 0.6 is 0 Å². The molecule has 1 aliphatic rings. The molecule has 12 heteroatoms. The molecule has 1 aliphatic heterocycles. The summed E-state index contributed by atoms with van der Waals surface area (Å²) >= 11 is 0. The zero-order valence-corrected chi connectivity index (χ0v) is 17.3. The molecule has 0 saturated carbocycles. The van der Waals surface area contributed by atoms with E-state index in [1.54, 1.807) is 18.2 Å². The summed E-state index contributed by atoms with van der Waals surface area (Å²) in [5.41, 5.74) is 0.348. The average Bonchev–Trinajstić information content (AvgIpc) is 3.15. The minimum absolute atomic E-state index is 0.0220. The molecule has 0 unspecified atom stereocenters. The van der Waals surface area contributed by atoms with Crippen molar-refractivity contribution in [1.82, 2.24) is 25.2 Å². The smallest absolute Gasteiger partial charge is 0.270 e. The summed E-state index contributed by atoms with van der Waals surface area (Å²) in [6.45, 7) is -0.247. The fourth-order valence-electron chi connectivity index (χ4n) is 3.26. The van der Waals surface area contributed by atoms with Crippen molar-refractivity contribution in [2.24, 2.45) is 0 Å². The molecule has 33 heavy (non-hydrogen) atoms. The fraction of sp³-hybridized carbons (Fsp3) is 0.286. The number of ketones is 1. The second-order valence-electron chi connectivity index (χ2n) is 7.64. The Labute approximate surface area is 184 Å². The second kappa shape index (κ2) is 8.52. The number of alkyl halides is 2. The third kappa shape index (κ3) is 4.94. The van der Waals surface area contributed by atoms with Crippen molar-refractivity contribution < 1.29 is 32.3 Å². The summed E-state index contributed by atoms with van der Waals surface area (Å²) in [7, 11) is 0. The van der Waals surface area contributed by atoms with Gasteiger partial charge in [-0.1, -0.05) is 6.07 Å². The van der Waals surface area contributed by atoms with E-state index in [9.17, 15) is 27.6 Å². The number of ether oxygens (including phenoxy) is 1. The molecular formula is C21H18F3N5O4. The Bertz CT molecular complexity index is 1270. The Hall–Kier alpha value is -3.96. The number of hydrogen-bond acceptors (Lipinski definition) is 6. The Morgan fingerprint density at radius 1 is 1.21 bits per heavy atom. The molecule has 0 atom stereocenters. The van der Waals surface area contributed by atoms with Crippen LogP contribution in [0.2, 0.25) is 0 Å². The Morgan fingerprint density at radius 3 is 2.76 bits per heavy atom. The van der Waals surface area contributed by atoms with Crippen LogP contribution in [0.3, 0.4) is 0 Å². The van der Waals surface area contributed by atoms with E-state index in [1.165, 1.54) is 0 Å². The van der Waals surface area contributed by atoms with Crippen molar-refractivity contribution in [3.8, 4) is 5.75 Å². The minimum atomic E-state index is -3.16. The van der Waals surface area contributed by atoms with E-state index in [2.05, 4.69) is 15.4 Å². The van der Waals surface area contributed by atoms with Crippen LogP contribution in [-0.2, 0) is 17.8 Å². The first-order valence-electron chi connectivity index (χ1n) is 9.85. The average molecular weight is 461 g/mol. The first-order chi connectivity index (χ1) is 15.6. The highest BCUT2D eigenvalue weighted by atomic mass is 19.3. The maximum atomic E-state index is 14.1. The summed E-state index contributed by atoms with van der Waals surface area (Å²) in [5.74, 6) is -5.21. The van der Waals surface area contributed by atoms with Gasteiger partial charge in [0.05, 0.1) is 12.7 Å². The van der Waals surface area contributed by atoms with Gasteiger partial charge in [-0.05, 0) is 17.7 Å². The van der Waals surface area contributed by atoms with Crippen molar-refractivity contribution in [2.75, 3.05) is 13.2 Å². The zero-order valence-electron chi connectivity index (χ0n) is 17.3. The Kier molecular flexibility index (Phi) is 5.75. The van der Waals surface area contributed by atoms with Gasteiger partial charge in [-0.2, -0.15) is 5.10 Å². The number of nitrogens with zero attached hydrogens (tertiary/aromatic N) is 3. The standard InChI is InChI=1S/C21H18F3N5O4/c1-21(23,24)10-26-20(32)16-6-15(28-18-14(22)8-27-29(16)18)19(31)25-7-11-2-3-17-12(4-11)5-13(30)9-33-17/h2-4,6,8H,5,7,9-10H2,1H3,(H,25,31)(H,26,32). The van der Waals surface area contributed by atoms with Crippen LogP contribution < -0.4 is 15.4 Å². The number of amides is 2. The summed E-state index contributed by atoms with van der Waals surface area (Å²) in [6.07, 6.45) is 1.02. The number of halogens is 3.